The van der Waals surface area contributed by atoms with E-state index in [1.807, 2.05) is 0 Å². The van der Waals surface area contributed by atoms with Gasteiger partial charge in [0, 0.05) is 30.1 Å². The maximum absolute atomic E-state index is 14.0. The van der Waals surface area contributed by atoms with Crippen LogP contribution in [0.5, 0.6) is 0 Å². The van der Waals surface area contributed by atoms with Gasteiger partial charge in [0.25, 0.3) is 0 Å². The number of rotatable bonds is 5. The third-order valence-corrected chi connectivity index (χ3v) is 4.70. The fourth-order valence-corrected chi connectivity index (χ4v) is 3.46. The third-order valence-electron chi connectivity index (χ3n) is 4.70. The normalized spacial score (nSPS) is 26.7. The van der Waals surface area contributed by atoms with Crippen LogP contribution in [0, 0.1) is 23.5 Å². The second-order valence-corrected chi connectivity index (χ2v) is 6.37. The zero-order valence-electron chi connectivity index (χ0n) is 13.4. The first-order chi connectivity index (χ1) is 12.0. The second kappa shape index (κ2) is 7.45. The van der Waals surface area contributed by atoms with Gasteiger partial charge in [-0.25, -0.2) is 8.78 Å². The van der Waals surface area contributed by atoms with E-state index in [4.69, 9.17) is 14.6 Å². The van der Waals surface area contributed by atoms with Crippen LogP contribution in [-0.4, -0.2) is 42.9 Å². The smallest absolute Gasteiger partial charge is 0.305 e. The summed E-state index contributed by atoms with van der Waals surface area (Å²) in [6.45, 7) is 1.47. The van der Waals surface area contributed by atoms with Gasteiger partial charge in [0.05, 0.1) is 25.7 Å². The number of amides is 1. The number of carbonyl (C=O) groups excluding carboxylic acids is 1. The van der Waals surface area contributed by atoms with E-state index < -0.39 is 42.1 Å². The van der Waals surface area contributed by atoms with E-state index in [1.165, 1.54) is 0 Å². The van der Waals surface area contributed by atoms with Crippen molar-refractivity contribution in [2.45, 2.75) is 25.0 Å². The zero-order chi connectivity index (χ0) is 18.0. The summed E-state index contributed by atoms with van der Waals surface area (Å²) in [5.41, 5.74) is -0.0707. The van der Waals surface area contributed by atoms with Crippen molar-refractivity contribution in [1.82, 2.24) is 5.32 Å². The molecule has 0 saturated carbocycles. The van der Waals surface area contributed by atoms with Crippen molar-refractivity contribution in [2.75, 3.05) is 19.8 Å². The molecule has 0 spiro atoms. The molecule has 2 aliphatic rings. The number of fused-ring (bicyclic) bond motifs is 1. The molecule has 0 bridgehead atoms. The van der Waals surface area contributed by atoms with Crippen LogP contribution in [0.2, 0.25) is 0 Å². The highest BCUT2D eigenvalue weighted by Gasteiger charge is 2.43. The summed E-state index contributed by atoms with van der Waals surface area (Å²) in [6.07, 6.45) is -0.552. The van der Waals surface area contributed by atoms with Gasteiger partial charge in [-0.2, -0.15) is 0 Å². The Hall–Kier alpha value is -2.06. The van der Waals surface area contributed by atoms with Crippen LogP contribution in [0.4, 0.5) is 8.78 Å². The van der Waals surface area contributed by atoms with Crippen molar-refractivity contribution < 1.29 is 33.0 Å². The Balaban J connectivity index is 1.76. The molecule has 0 aromatic heterocycles. The molecule has 3 rings (SSSR count). The van der Waals surface area contributed by atoms with Crippen LogP contribution in [0.15, 0.2) is 18.2 Å². The summed E-state index contributed by atoms with van der Waals surface area (Å²) in [4.78, 5) is 23.7. The summed E-state index contributed by atoms with van der Waals surface area (Å²) in [5, 5.41) is 11.6. The maximum atomic E-state index is 14.0. The molecule has 2 heterocycles. The zero-order valence-corrected chi connectivity index (χ0v) is 13.4. The van der Waals surface area contributed by atoms with Gasteiger partial charge in [0.2, 0.25) is 5.91 Å². The number of nitrogens with one attached hydrogen (secondary N) is 1. The highest BCUT2D eigenvalue weighted by Crippen LogP contribution is 2.34. The number of carbonyl (C=O) groups is 2. The molecule has 2 N–H and O–H groups in total. The van der Waals surface area contributed by atoms with Gasteiger partial charge >= 0.3 is 5.97 Å². The van der Waals surface area contributed by atoms with E-state index in [0.29, 0.717) is 32.3 Å². The lowest BCUT2D eigenvalue weighted by molar-refractivity contribution is -0.138. The molecule has 0 aliphatic carbocycles. The van der Waals surface area contributed by atoms with E-state index in [-0.39, 0.29) is 17.4 Å². The minimum absolute atomic E-state index is 0.00251. The molecular formula is C17H19F2NO5. The second-order valence-electron chi connectivity index (χ2n) is 6.37. The van der Waals surface area contributed by atoms with Crippen molar-refractivity contribution in [3.8, 4) is 0 Å². The van der Waals surface area contributed by atoms with Crippen molar-refractivity contribution in [3.05, 3.63) is 35.4 Å². The van der Waals surface area contributed by atoms with Gasteiger partial charge in [-0.1, -0.05) is 6.07 Å². The number of halogens is 2. The Labute approximate surface area is 143 Å². The Morgan fingerprint density at radius 2 is 2.12 bits per heavy atom. The largest absolute Gasteiger partial charge is 0.481 e. The topological polar surface area (TPSA) is 84.9 Å². The molecule has 0 unspecified atom stereocenters. The number of ether oxygens (including phenoxy) is 2. The number of carboxylic acid groups (broad SMARTS) is 1. The van der Waals surface area contributed by atoms with Crippen LogP contribution < -0.4 is 5.32 Å². The molecule has 0 radical (unpaired) electrons. The van der Waals surface area contributed by atoms with Gasteiger partial charge in [-0.05, 0) is 12.5 Å². The molecule has 8 heteroatoms. The lowest BCUT2D eigenvalue weighted by Crippen LogP contribution is -2.43. The molecule has 2 saturated heterocycles. The molecule has 136 valence electrons. The molecule has 2 aliphatic heterocycles. The average Bonchev–Trinajstić information content (AvgIpc) is 2.98. The fourth-order valence-electron chi connectivity index (χ4n) is 3.46. The first-order valence-electron chi connectivity index (χ1n) is 8.12. The first kappa shape index (κ1) is 17.8. The monoisotopic (exact) mass is 355 g/mol. The summed E-state index contributed by atoms with van der Waals surface area (Å²) < 4.78 is 38.0. The van der Waals surface area contributed by atoms with Gasteiger partial charge in [-0.3, -0.25) is 9.59 Å². The van der Waals surface area contributed by atoms with E-state index in [0.717, 1.165) is 12.1 Å². The molecular weight excluding hydrogens is 336 g/mol. The number of hydrogen-bond donors (Lipinski definition) is 2. The van der Waals surface area contributed by atoms with Crippen molar-refractivity contribution >= 4 is 11.9 Å². The van der Waals surface area contributed by atoms with Crippen molar-refractivity contribution in [1.29, 1.82) is 0 Å². The Bertz CT molecular complexity index is 668. The van der Waals surface area contributed by atoms with Gasteiger partial charge in [0.15, 0.2) is 0 Å². The number of hydrogen-bond acceptors (Lipinski definition) is 4. The number of carboxylic acids is 1. The van der Waals surface area contributed by atoms with Crippen molar-refractivity contribution in [2.24, 2.45) is 11.8 Å². The molecule has 6 nitrogen and oxygen atoms in total. The molecule has 1 aromatic rings. The third kappa shape index (κ3) is 3.96. The summed E-state index contributed by atoms with van der Waals surface area (Å²) in [6, 6.07) is 1.73. The maximum Gasteiger partial charge on any atom is 0.305 e. The number of aliphatic carboxylic acids is 1. The lowest BCUT2D eigenvalue weighted by Gasteiger charge is -2.28. The van der Waals surface area contributed by atoms with Crippen LogP contribution >= 0.6 is 0 Å². The predicted octanol–water partition coefficient (Wildman–Crippen LogP) is 1.65. The Morgan fingerprint density at radius 1 is 1.32 bits per heavy atom. The van der Waals surface area contributed by atoms with Gasteiger partial charge in [-0.15, -0.1) is 0 Å². The summed E-state index contributed by atoms with van der Waals surface area (Å²) in [7, 11) is 0. The summed E-state index contributed by atoms with van der Waals surface area (Å²) >= 11 is 0. The Kier molecular flexibility index (Phi) is 5.29. The molecule has 1 amide bonds. The van der Waals surface area contributed by atoms with Crippen LogP contribution in [-0.2, 0) is 19.1 Å². The lowest BCUT2D eigenvalue weighted by atomic mass is 9.86. The van der Waals surface area contributed by atoms with Crippen molar-refractivity contribution in [3.63, 3.8) is 0 Å². The minimum Gasteiger partial charge on any atom is -0.481 e. The Morgan fingerprint density at radius 3 is 2.84 bits per heavy atom. The highest BCUT2D eigenvalue weighted by molar-refractivity contribution is 5.82. The van der Waals surface area contributed by atoms with Crippen LogP contribution in [0.1, 0.15) is 24.4 Å². The van der Waals surface area contributed by atoms with E-state index in [1.54, 1.807) is 0 Å². The van der Waals surface area contributed by atoms with Gasteiger partial charge in [0.1, 0.15) is 17.7 Å². The molecule has 4 atom stereocenters. The van der Waals surface area contributed by atoms with E-state index >= 15 is 0 Å². The van der Waals surface area contributed by atoms with Gasteiger partial charge < -0.3 is 19.9 Å². The summed E-state index contributed by atoms with van der Waals surface area (Å²) in [5.74, 6) is -3.23. The first-order valence-corrected chi connectivity index (χ1v) is 8.12. The predicted molar refractivity (Wildman–Crippen MR) is 81.7 cm³/mol. The number of benzene rings is 1. The highest BCUT2D eigenvalue weighted by atomic mass is 19.1. The quantitative estimate of drug-likeness (QED) is 0.839. The minimum atomic E-state index is -1.20. The molecule has 2 fully saturated rings. The SMILES string of the molecule is O=C(O)C[C@H](NC(=O)[C@@H]1OC[C@@H]2COCC[C@@H]21)c1ccc(F)cc1F. The van der Waals surface area contributed by atoms with E-state index in [2.05, 4.69) is 5.32 Å². The standard InChI is InChI=1S/C17H19F2NO5/c18-10-1-2-12(13(19)5-10)14(6-15(21)22)20-17(23)16-11-3-4-24-7-9(11)8-25-16/h1-2,5,9,11,14,16H,3-4,6-8H2,(H,20,23)(H,21,22)/t9-,11-,14-,16+/m0/s1. The van der Waals surface area contributed by atoms with Crippen LogP contribution in [0.3, 0.4) is 0 Å². The average molecular weight is 355 g/mol. The fraction of sp³-hybridized carbons (Fsp3) is 0.529. The molecule has 1 aromatic carbocycles. The van der Waals surface area contributed by atoms with E-state index in [9.17, 15) is 18.4 Å². The van der Waals surface area contributed by atoms with Crippen LogP contribution in [0.25, 0.3) is 0 Å². The molecule has 25 heavy (non-hydrogen) atoms.